The Morgan fingerprint density at radius 3 is 2.48 bits per heavy atom. The zero-order valence-electron chi connectivity index (χ0n) is 15.5. The number of nitrogens with one attached hydrogen (secondary N) is 1. The van der Waals surface area contributed by atoms with Crippen molar-refractivity contribution in [3.8, 4) is 28.5 Å². The van der Waals surface area contributed by atoms with Crippen LogP contribution < -0.4 is 5.32 Å². The molecule has 0 fully saturated rings. The second-order valence-electron chi connectivity index (χ2n) is 6.45. The van der Waals surface area contributed by atoms with Crippen molar-refractivity contribution in [3.05, 3.63) is 84.8 Å². The molecule has 0 amide bonds. The Kier molecular flexibility index (Phi) is 5.40. The van der Waals surface area contributed by atoms with Crippen molar-refractivity contribution in [1.29, 1.82) is 0 Å². The van der Waals surface area contributed by atoms with Gasteiger partial charge in [0.25, 0.3) is 0 Å². The summed E-state index contributed by atoms with van der Waals surface area (Å²) >= 11 is 0. The lowest BCUT2D eigenvalue weighted by Crippen LogP contribution is -2.22. The molecule has 29 heavy (non-hydrogen) atoms. The Hall–Kier alpha value is -3.84. The minimum atomic E-state index is -0.868. The molecule has 3 N–H and O–H groups in total. The molecule has 4 aromatic rings. The summed E-state index contributed by atoms with van der Waals surface area (Å²) in [6, 6.07) is 17.8. The fraction of sp³-hybridized carbons (Fsp3) is 0.0909. The molecule has 0 bridgehead atoms. The number of benzene rings is 1. The molecule has 144 valence electrons. The number of hydrogen-bond acceptors (Lipinski definition) is 7. The number of nitrogens with zero attached hydrogens (tertiary/aromatic N) is 4. The molecule has 7 nitrogen and oxygen atoms in total. The summed E-state index contributed by atoms with van der Waals surface area (Å²) in [7, 11) is 0. The molecule has 1 atom stereocenters. The average molecular weight is 385 g/mol. The molecule has 0 aliphatic heterocycles. The van der Waals surface area contributed by atoms with Gasteiger partial charge in [0.2, 0.25) is 0 Å². The van der Waals surface area contributed by atoms with Crippen molar-refractivity contribution in [2.45, 2.75) is 12.6 Å². The van der Waals surface area contributed by atoms with Gasteiger partial charge in [-0.1, -0.05) is 18.2 Å². The normalized spacial score (nSPS) is 11.8. The van der Waals surface area contributed by atoms with E-state index >= 15 is 0 Å². The number of aliphatic hydroxyl groups is 1. The molecule has 1 aromatic carbocycles. The van der Waals surface area contributed by atoms with Gasteiger partial charge < -0.3 is 15.5 Å². The van der Waals surface area contributed by atoms with Gasteiger partial charge in [-0.15, -0.1) is 0 Å². The lowest BCUT2D eigenvalue weighted by Gasteiger charge is -2.15. The van der Waals surface area contributed by atoms with Crippen molar-refractivity contribution in [1.82, 2.24) is 19.9 Å². The number of hydrogen-bond donors (Lipinski definition) is 3. The summed E-state index contributed by atoms with van der Waals surface area (Å²) in [4.78, 5) is 17.6. The Morgan fingerprint density at radius 2 is 1.76 bits per heavy atom. The topological polar surface area (TPSA) is 104 Å². The smallest absolute Gasteiger partial charge is 0.180 e. The van der Waals surface area contributed by atoms with E-state index in [1.54, 1.807) is 48.9 Å². The quantitative estimate of drug-likeness (QED) is 0.438. The third-order valence-electron chi connectivity index (χ3n) is 4.26. The first-order valence-corrected chi connectivity index (χ1v) is 9.11. The first-order valence-electron chi connectivity index (χ1n) is 9.11. The average Bonchev–Trinajstić information content (AvgIpc) is 2.76. The first-order chi connectivity index (χ1) is 14.2. The van der Waals surface area contributed by atoms with Crippen LogP contribution in [0.25, 0.3) is 22.8 Å². The summed E-state index contributed by atoms with van der Waals surface area (Å²) in [6.45, 7) is 0. The van der Waals surface area contributed by atoms with Crippen LogP contribution >= 0.6 is 0 Å². The molecule has 0 aliphatic rings. The Labute approximate surface area is 167 Å². The van der Waals surface area contributed by atoms with Crippen LogP contribution in [0.3, 0.4) is 0 Å². The highest BCUT2D eigenvalue weighted by molar-refractivity contribution is 5.65. The lowest BCUT2D eigenvalue weighted by atomic mass is 10.1. The van der Waals surface area contributed by atoms with Crippen LogP contribution in [0.2, 0.25) is 0 Å². The second kappa shape index (κ2) is 8.45. The van der Waals surface area contributed by atoms with E-state index in [1.165, 1.54) is 0 Å². The van der Waals surface area contributed by atoms with Crippen LogP contribution in [0.4, 0.5) is 5.82 Å². The van der Waals surface area contributed by atoms with Gasteiger partial charge in [-0.05, 0) is 42.0 Å². The van der Waals surface area contributed by atoms with E-state index in [2.05, 4.69) is 25.3 Å². The third-order valence-corrected chi connectivity index (χ3v) is 4.26. The van der Waals surface area contributed by atoms with Crippen molar-refractivity contribution in [2.24, 2.45) is 0 Å². The SMILES string of the molecule is Oc1ccc(CC(O)Nc2cc(-c3cccnc3)nc(-c3ccccn3)n2)cc1. The maximum Gasteiger partial charge on any atom is 0.180 e. The van der Waals surface area contributed by atoms with Gasteiger partial charge in [-0.3, -0.25) is 9.97 Å². The van der Waals surface area contributed by atoms with Gasteiger partial charge in [-0.2, -0.15) is 0 Å². The minimum Gasteiger partial charge on any atom is -0.508 e. The molecule has 0 saturated carbocycles. The van der Waals surface area contributed by atoms with E-state index in [0.717, 1.165) is 11.1 Å². The van der Waals surface area contributed by atoms with Crippen LogP contribution in [-0.2, 0) is 6.42 Å². The third kappa shape index (κ3) is 4.72. The zero-order chi connectivity index (χ0) is 20.1. The van der Waals surface area contributed by atoms with Crippen molar-refractivity contribution >= 4 is 5.82 Å². The lowest BCUT2D eigenvalue weighted by molar-refractivity contribution is 0.203. The highest BCUT2D eigenvalue weighted by atomic mass is 16.3. The first kappa shape index (κ1) is 18.5. The van der Waals surface area contributed by atoms with E-state index < -0.39 is 6.23 Å². The van der Waals surface area contributed by atoms with Crippen LogP contribution in [0.15, 0.2) is 79.3 Å². The van der Waals surface area contributed by atoms with Crippen LogP contribution in [0.1, 0.15) is 5.56 Å². The summed E-state index contributed by atoms with van der Waals surface area (Å²) in [5, 5.41) is 22.9. The Morgan fingerprint density at radius 1 is 0.897 bits per heavy atom. The number of pyridine rings is 2. The number of aromatic hydroxyl groups is 1. The number of rotatable bonds is 6. The second-order valence-corrected chi connectivity index (χ2v) is 6.45. The highest BCUT2D eigenvalue weighted by Gasteiger charge is 2.12. The van der Waals surface area contributed by atoms with Gasteiger partial charge >= 0.3 is 0 Å². The number of phenolic OH excluding ortho intramolecular Hbond substituents is 1. The maximum atomic E-state index is 10.5. The van der Waals surface area contributed by atoms with Gasteiger partial charge in [0.05, 0.1) is 5.69 Å². The fourth-order valence-corrected chi connectivity index (χ4v) is 2.87. The molecular formula is C22H19N5O2. The van der Waals surface area contributed by atoms with Crippen molar-refractivity contribution < 1.29 is 10.2 Å². The predicted molar refractivity (Wildman–Crippen MR) is 110 cm³/mol. The monoisotopic (exact) mass is 385 g/mol. The van der Waals surface area contributed by atoms with Crippen molar-refractivity contribution in [2.75, 3.05) is 5.32 Å². The van der Waals surface area contributed by atoms with E-state index in [1.807, 2.05) is 30.3 Å². The van der Waals surface area contributed by atoms with E-state index in [9.17, 15) is 10.2 Å². The molecule has 7 heteroatoms. The molecule has 0 radical (unpaired) electrons. The van der Waals surface area contributed by atoms with E-state index in [4.69, 9.17) is 0 Å². The predicted octanol–water partition coefficient (Wildman–Crippen LogP) is 3.28. The summed E-state index contributed by atoms with van der Waals surface area (Å²) in [6.07, 6.45) is 4.59. The summed E-state index contributed by atoms with van der Waals surface area (Å²) in [5.74, 6) is 1.12. The minimum absolute atomic E-state index is 0.188. The molecule has 3 aromatic heterocycles. The van der Waals surface area contributed by atoms with Gasteiger partial charge in [-0.25, -0.2) is 9.97 Å². The molecule has 0 saturated heterocycles. The highest BCUT2D eigenvalue weighted by Crippen LogP contribution is 2.23. The zero-order valence-corrected chi connectivity index (χ0v) is 15.5. The molecule has 4 rings (SSSR count). The van der Waals surface area contributed by atoms with Gasteiger partial charge in [0.1, 0.15) is 23.5 Å². The molecular weight excluding hydrogens is 366 g/mol. The number of phenols is 1. The standard InChI is InChI=1S/C22H19N5O2/c28-17-8-6-15(7-9-17)12-21(29)26-20-13-19(16-4-3-10-23-14-16)25-22(27-20)18-5-1-2-11-24-18/h1-11,13-14,21,28-29H,12H2,(H,25,26,27). The molecule has 3 heterocycles. The molecule has 0 spiro atoms. The Balaban J connectivity index is 1.63. The summed E-state index contributed by atoms with van der Waals surface area (Å²) in [5.41, 5.74) is 3.03. The van der Waals surface area contributed by atoms with Crippen LogP contribution in [0, 0.1) is 0 Å². The van der Waals surface area contributed by atoms with E-state index in [0.29, 0.717) is 29.5 Å². The van der Waals surface area contributed by atoms with Crippen molar-refractivity contribution in [3.63, 3.8) is 0 Å². The Bertz CT molecular complexity index is 1020. The number of anilines is 1. The molecule has 1 unspecified atom stereocenters. The number of aromatic nitrogens is 4. The van der Waals surface area contributed by atoms with Gasteiger partial charge in [0.15, 0.2) is 5.82 Å². The number of aliphatic hydroxyl groups excluding tert-OH is 1. The largest absolute Gasteiger partial charge is 0.508 e. The summed E-state index contributed by atoms with van der Waals surface area (Å²) < 4.78 is 0. The fourth-order valence-electron chi connectivity index (χ4n) is 2.87. The van der Waals surface area contributed by atoms with Gasteiger partial charge in [0, 0.05) is 36.6 Å². The maximum absolute atomic E-state index is 10.5. The van der Waals surface area contributed by atoms with Crippen LogP contribution in [-0.4, -0.2) is 36.4 Å². The molecule has 0 aliphatic carbocycles. The van der Waals surface area contributed by atoms with E-state index in [-0.39, 0.29) is 5.75 Å². The van der Waals surface area contributed by atoms with Crippen LogP contribution in [0.5, 0.6) is 5.75 Å².